The fourth-order valence-corrected chi connectivity index (χ4v) is 5.00. The molecule has 0 fully saturated rings. The molecule has 5 nitrogen and oxygen atoms in total. The number of carbonyl (C=O) groups is 2. The smallest absolute Gasteiger partial charge is 0.163 e. The van der Waals surface area contributed by atoms with Crippen LogP contribution in [0.15, 0.2) is 65.1 Å². The summed E-state index contributed by atoms with van der Waals surface area (Å²) in [5.74, 6) is 2.32. The van der Waals surface area contributed by atoms with E-state index in [1.165, 1.54) is 0 Å². The van der Waals surface area contributed by atoms with Crippen molar-refractivity contribution in [2.45, 2.75) is 51.0 Å². The Morgan fingerprint density at radius 3 is 2.12 bits per heavy atom. The number of ketones is 2. The van der Waals surface area contributed by atoms with E-state index in [1.54, 1.807) is 7.11 Å². The van der Waals surface area contributed by atoms with Gasteiger partial charge in [0, 0.05) is 47.8 Å². The van der Waals surface area contributed by atoms with Crippen molar-refractivity contribution in [1.82, 2.24) is 0 Å². The molecule has 5 rings (SSSR count). The number of halogens is 1. The van der Waals surface area contributed by atoms with E-state index in [0.717, 1.165) is 48.3 Å². The number of hydrogen-bond acceptors (Lipinski definition) is 5. The van der Waals surface area contributed by atoms with Crippen molar-refractivity contribution in [1.29, 1.82) is 0 Å². The summed E-state index contributed by atoms with van der Waals surface area (Å²) in [4.78, 5) is 25.9. The lowest BCUT2D eigenvalue weighted by molar-refractivity contribution is -0.117. The van der Waals surface area contributed by atoms with Gasteiger partial charge in [0.1, 0.15) is 18.1 Å². The Kier molecular flexibility index (Phi) is 5.98. The van der Waals surface area contributed by atoms with Crippen molar-refractivity contribution >= 4 is 23.2 Å². The normalized spacial score (nSPS) is 18.6. The highest BCUT2D eigenvalue weighted by Crippen LogP contribution is 2.48. The summed E-state index contributed by atoms with van der Waals surface area (Å²) >= 11 is 5.96. The summed E-state index contributed by atoms with van der Waals surface area (Å²) in [6, 6.07) is 13.1. The van der Waals surface area contributed by atoms with Gasteiger partial charge in [0.15, 0.2) is 23.1 Å². The highest BCUT2D eigenvalue weighted by molar-refractivity contribution is 6.30. The van der Waals surface area contributed by atoms with Crippen LogP contribution in [0, 0.1) is 0 Å². The molecule has 0 atom stereocenters. The Balaban J connectivity index is 1.50. The third kappa shape index (κ3) is 4.18. The molecule has 3 aliphatic rings. The Morgan fingerprint density at radius 2 is 1.52 bits per heavy atom. The molecule has 6 heteroatoms. The van der Waals surface area contributed by atoms with Crippen molar-refractivity contribution in [3.63, 3.8) is 0 Å². The summed E-state index contributed by atoms with van der Waals surface area (Å²) in [5, 5.41) is 0.675. The molecule has 0 aromatic heterocycles. The van der Waals surface area contributed by atoms with Crippen LogP contribution < -0.4 is 9.47 Å². The first kappa shape index (κ1) is 21.8. The van der Waals surface area contributed by atoms with Crippen LogP contribution in [0.1, 0.15) is 55.6 Å². The second-order valence-electron chi connectivity index (χ2n) is 8.59. The molecule has 1 heterocycles. The number of rotatable bonds is 5. The molecule has 0 amide bonds. The first-order chi connectivity index (χ1) is 16.0. The summed E-state index contributed by atoms with van der Waals surface area (Å²) in [7, 11) is 1.59. The zero-order valence-corrected chi connectivity index (χ0v) is 19.2. The van der Waals surface area contributed by atoms with Gasteiger partial charge in [-0.3, -0.25) is 9.59 Å². The Morgan fingerprint density at radius 1 is 0.879 bits per heavy atom. The number of benzene rings is 2. The van der Waals surface area contributed by atoms with E-state index < -0.39 is 5.92 Å². The average Bonchev–Trinajstić information content (AvgIpc) is 2.83. The number of ether oxygens (including phenoxy) is 3. The molecule has 0 radical (unpaired) electrons. The first-order valence-corrected chi connectivity index (χ1v) is 11.7. The van der Waals surface area contributed by atoms with Crippen LogP contribution in [-0.4, -0.2) is 18.7 Å². The average molecular weight is 465 g/mol. The molecule has 2 aromatic rings. The molecular weight excluding hydrogens is 440 g/mol. The molecule has 0 spiro atoms. The highest BCUT2D eigenvalue weighted by atomic mass is 35.5. The van der Waals surface area contributed by atoms with Gasteiger partial charge in [-0.25, -0.2) is 0 Å². The van der Waals surface area contributed by atoms with Gasteiger partial charge in [0.25, 0.3) is 0 Å². The van der Waals surface area contributed by atoms with Crippen LogP contribution in [0.4, 0.5) is 0 Å². The Bertz CT molecular complexity index is 1130. The van der Waals surface area contributed by atoms with Crippen molar-refractivity contribution in [3.05, 3.63) is 81.3 Å². The monoisotopic (exact) mass is 464 g/mol. The summed E-state index contributed by atoms with van der Waals surface area (Å²) in [6.45, 7) is 0.367. The lowest BCUT2D eigenvalue weighted by Crippen LogP contribution is -2.30. The third-order valence-electron chi connectivity index (χ3n) is 6.47. The van der Waals surface area contributed by atoms with E-state index >= 15 is 0 Å². The van der Waals surface area contributed by atoms with Crippen LogP contribution in [0.2, 0.25) is 5.02 Å². The van der Waals surface area contributed by atoms with Crippen molar-refractivity contribution in [3.8, 4) is 11.5 Å². The fraction of sp³-hybridized carbons (Fsp3) is 0.333. The van der Waals surface area contributed by atoms with Crippen LogP contribution in [0.3, 0.4) is 0 Å². The van der Waals surface area contributed by atoms with Crippen LogP contribution in [0.5, 0.6) is 11.5 Å². The number of methoxy groups -OCH3 is 1. The predicted octanol–water partition coefficient (Wildman–Crippen LogP) is 6.06. The van der Waals surface area contributed by atoms with Gasteiger partial charge in [-0.05, 0) is 48.2 Å². The topological polar surface area (TPSA) is 61.8 Å². The van der Waals surface area contributed by atoms with Gasteiger partial charge in [0.2, 0.25) is 0 Å². The van der Waals surface area contributed by atoms with Crippen molar-refractivity contribution < 1.29 is 23.8 Å². The molecule has 0 N–H and O–H groups in total. The standard InChI is InChI=1S/C27H25ClO5/c1-31-24-14-17(10-13-21(24)32-15-16-8-11-18(28)12-9-16)25-26-19(29)4-2-6-22(26)33-23-7-3-5-20(30)27(23)25/h8-14,25H,2-7,15H2,1H3. The SMILES string of the molecule is COc1cc(C2C3=C(CCCC3=O)OC3=C2C(=O)CCC3)ccc1OCc1ccc(Cl)cc1. The third-order valence-corrected chi connectivity index (χ3v) is 6.72. The molecule has 0 saturated carbocycles. The van der Waals surface area contributed by atoms with Gasteiger partial charge < -0.3 is 14.2 Å². The number of Topliss-reactive ketones (excluding diaryl/α,β-unsaturated/α-hetero) is 2. The second kappa shape index (κ2) is 9.06. The van der Waals surface area contributed by atoms with Crippen molar-refractivity contribution in [2.24, 2.45) is 0 Å². The van der Waals surface area contributed by atoms with E-state index in [9.17, 15) is 9.59 Å². The second-order valence-corrected chi connectivity index (χ2v) is 9.02. The van der Waals surface area contributed by atoms with E-state index in [-0.39, 0.29) is 11.6 Å². The quantitative estimate of drug-likeness (QED) is 0.538. The molecule has 0 unspecified atom stereocenters. The van der Waals surface area contributed by atoms with Gasteiger partial charge in [-0.15, -0.1) is 0 Å². The summed E-state index contributed by atoms with van der Waals surface area (Å²) in [5.41, 5.74) is 3.10. The highest BCUT2D eigenvalue weighted by Gasteiger charge is 2.41. The molecule has 0 bridgehead atoms. The Labute approximate surface area is 198 Å². The number of hydrogen-bond donors (Lipinski definition) is 0. The number of allylic oxidation sites excluding steroid dienone is 4. The van der Waals surface area contributed by atoms with E-state index in [4.69, 9.17) is 25.8 Å². The first-order valence-electron chi connectivity index (χ1n) is 11.3. The van der Waals surface area contributed by atoms with Crippen LogP contribution in [0.25, 0.3) is 0 Å². The Hall–Kier alpha value is -3.05. The van der Waals surface area contributed by atoms with E-state index in [1.807, 2.05) is 42.5 Å². The lowest BCUT2D eigenvalue weighted by Gasteiger charge is -2.36. The molecule has 33 heavy (non-hydrogen) atoms. The molecule has 0 saturated heterocycles. The molecular formula is C27H25ClO5. The lowest BCUT2D eigenvalue weighted by atomic mass is 9.73. The van der Waals surface area contributed by atoms with Gasteiger partial charge in [0.05, 0.1) is 7.11 Å². The van der Waals surface area contributed by atoms with Gasteiger partial charge >= 0.3 is 0 Å². The largest absolute Gasteiger partial charge is 0.493 e. The molecule has 170 valence electrons. The minimum Gasteiger partial charge on any atom is -0.493 e. The van der Waals surface area contributed by atoms with E-state index in [0.29, 0.717) is 47.1 Å². The zero-order chi connectivity index (χ0) is 22.9. The van der Waals surface area contributed by atoms with Crippen LogP contribution >= 0.6 is 11.6 Å². The van der Waals surface area contributed by atoms with E-state index in [2.05, 4.69) is 0 Å². The van der Waals surface area contributed by atoms with Crippen LogP contribution in [-0.2, 0) is 20.9 Å². The zero-order valence-electron chi connectivity index (χ0n) is 18.5. The maximum absolute atomic E-state index is 13.0. The fourth-order valence-electron chi connectivity index (χ4n) is 4.88. The summed E-state index contributed by atoms with van der Waals surface area (Å²) in [6.07, 6.45) is 3.97. The van der Waals surface area contributed by atoms with Gasteiger partial charge in [-0.1, -0.05) is 29.8 Å². The van der Waals surface area contributed by atoms with Crippen molar-refractivity contribution in [2.75, 3.05) is 7.11 Å². The molecule has 1 aliphatic heterocycles. The predicted molar refractivity (Wildman–Crippen MR) is 124 cm³/mol. The molecule has 2 aliphatic carbocycles. The summed E-state index contributed by atoms with van der Waals surface area (Å²) < 4.78 is 17.7. The van der Waals surface area contributed by atoms with Gasteiger partial charge in [-0.2, -0.15) is 0 Å². The minimum atomic E-state index is -0.413. The number of carbonyl (C=O) groups excluding carboxylic acids is 2. The maximum Gasteiger partial charge on any atom is 0.163 e. The maximum atomic E-state index is 13.0. The molecule has 2 aromatic carbocycles. The minimum absolute atomic E-state index is 0.0632.